The molecule has 0 atom stereocenters. The highest BCUT2D eigenvalue weighted by atomic mass is 32.2. The number of nitrogens with zero attached hydrogens (tertiary/aromatic N) is 4. The number of benzene rings is 1. The summed E-state index contributed by atoms with van der Waals surface area (Å²) in [6, 6.07) is 6.24. The van der Waals surface area contributed by atoms with Gasteiger partial charge >= 0.3 is 5.97 Å². The fourth-order valence-electron chi connectivity index (χ4n) is 2.18. The van der Waals surface area contributed by atoms with E-state index in [0.717, 1.165) is 29.7 Å². The maximum atomic E-state index is 11.8. The second kappa shape index (κ2) is 7.64. The lowest BCUT2D eigenvalue weighted by Gasteiger charge is -2.08. The normalized spacial score (nSPS) is 13.5. The molecular formula is C16H19N5O3S. The average molecular weight is 361 g/mol. The van der Waals surface area contributed by atoms with E-state index in [1.165, 1.54) is 11.8 Å². The number of tetrazole rings is 1. The Kier molecular flexibility index (Phi) is 5.32. The summed E-state index contributed by atoms with van der Waals surface area (Å²) in [6.07, 6.45) is 1.99. The van der Waals surface area contributed by atoms with Gasteiger partial charge in [-0.3, -0.25) is 9.59 Å². The van der Waals surface area contributed by atoms with Crippen molar-refractivity contribution in [1.29, 1.82) is 0 Å². The van der Waals surface area contributed by atoms with Gasteiger partial charge in [0.25, 0.3) is 5.91 Å². The zero-order valence-electron chi connectivity index (χ0n) is 14.1. The minimum Gasteiger partial charge on any atom is -0.455 e. The van der Waals surface area contributed by atoms with Crippen LogP contribution in [-0.2, 0) is 14.3 Å². The molecule has 1 N–H and O–H groups in total. The topological polar surface area (TPSA) is 99.0 Å². The zero-order chi connectivity index (χ0) is 17.8. The summed E-state index contributed by atoms with van der Waals surface area (Å²) in [5.41, 5.74) is 2.98. The van der Waals surface area contributed by atoms with Gasteiger partial charge < -0.3 is 10.1 Å². The van der Waals surface area contributed by atoms with E-state index in [1.54, 1.807) is 4.68 Å². The Morgan fingerprint density at radius 2 is 2.16 bits per heavy atom. The van der Waals surface area contributed by atoms with Crippen molar-refractivity contribution in [2.45, 2.75) is 37.9 Å². The van der Waals surface area contributed by atoms with Gasteiger partial charge in [-0.25, -0.2) is 0 Å². The number of carbonyl (C=O) groups is 2. The van der Waals surface area contributed by atoms with Crippen LogP contribution in [-0.4, -0.2) is 50.5 Å². The van der Waals surface area contributed by atoms with E-state index in [9.17, 15) is 9.59 Å². The first kappa shape index (κ1) is 17.4. The van der Waals surface area contributed by atoms with Crippen LogP contribution in [0.4, 0.5) is 0 Å². The molecule has 1 heterocycles. The molecule has 1 aromatic carbocycles. The minimum atomic E-state index is -0.480. The highest BCUT2D eigenvalue weighted by Gasteiger charge is 2.23. The van der Waals surface area contributed by atoms with Crippen molar-refractivity contribution in [2.75, 3.05) is 12.4 Å². The Morgan fingerprint density at radius 1 is 1.36 bits per heavy atom. The minimum absolute atomic E-state index is 0.0297. The molecular weight excluding hydrogens is 342 g/mol. The van der Waals surface area contributed by atoms with E-state index in [2.05, 4.69) is 20.8 Å². The molecule has 1 aliphatic rings. The lowest BCUT2D eigenvalue weighted by molar-refractivity contribution is -0.145. The van der Waals surface area contributed by atoms with Gasteiger partial charge in [0.15, 0.2) is 6.61 Å². The van der Waals surface area contributed by atoms with Gasteiger partial charge in [-0.2, -0.15) is 4.68 Å². The van der Waals surface area contributed by atoms with Crippen LogP contribution in [0, 0.1) is 13.8 Å². The number of hydrogen-bond acceptors (Lipinski definition) is 7. The summed E-state index contributed by atoms with van der Waals surface area (Å²) in [5, 5.41) is 14.9. The molecule has 1 saturated carbocycles. The predicted octanol–water partition coefficient (Wildman–Crippen LogP) is 1.19. The molecule has 0 aliphatic heterocycles. The SMILES string of the molecule is Cc1ccc(C)c(-n2nnnc2SCC(=O)OCC(=O)NC2CC2)c1. The molecule has 3 rings (SSSR count). The Balaban J connectivity index is 1.55. The number of rotatable bonds is 7. The Labute approximate surface area is 149 Å². The highest BCUT2D eigenvalue weighted by molar-refractivity contribution is 7.99. The molecule has 8 nitrogen and oxygen atoms in total. The number of aryl methyl sites for hydroxylation is 2. The largest absolute Gasteiger partial charge is 0.455 e. The third kappa shape index (κ3) is 4.79. The van der Waals surface area contributed by atoms with Crippen LogP contribution in [0.1, 0.15) is 24.0 Å². The first-order valence-corrected chi connectivity index (χ1v) is 8.95. The Hall–Kier alpha value is -2.42. The van der Waals surface area contributed by atoms with Gasteiger partial charge in [-0.15, -0.1) is 5.10 Å². The van der Waals surface area contributed by atoms with E-state index in [4.69, 9.17) is 4.74 Å². The maximum Gasteiger partial charge on any atom is 0.316 e. The van der Waals surface area contributed by atoms with Crippen molar-refractivity contribution >= 4 is 23.6 Å². The molecule has 0 spiro atoms. The van der Waals surface area contributed by atoms with E-state index in [-0.39, 0.29) is 24.3 Å². The van der Waals surface area contributed by atoms with Crippen molar-refractivity contribution in [3.63, 3.8) is 0 Å². The number of amides is 1. The lowest BCUT2D eigenvalue weighted by atomic mass is 10.1. The standard InChI is InChI=1S/C16H19N5O3S/c1-10-3-4-11(2)13(7-10)21-16(18-19-20-21)25-9-15(23)24-8-14(22)17-12-5-6-12/h3-4,7,12H,5-6,8-9H2,1-2H3,(H,17,22). The molecule has 0 radical (unpaired) electrons. The second-order valence-corrected chi connectivity index (χ2v) is 6.90. The molecule has 1 aromatic heterocycles. The van der Waals surface area contributed by atoms with Crippen LogP contribution in [0.2, 0.25) is 0 Å². The van der Waals surface area contributed by atoms with E-state index in [1.807, 2.05) is 32.0 Å². The Morgan fingerprint density at radius 3 is 2.92 bits per heavy atom. The quantitative estimate of drug-likeness (QED) is 0.584. The van der Waals surface area contributed by atoms with Gasteiger partial charge in [-0.05, 0) is 54.3 Å². The molecule has 25 heavy (non-hydrogen) atoms. The van der Waals surface area contributed by atoms with Crippen molar-refractivity contribution in [1.82, 2.24) is 25.5 Å². The first-order chi connectivity index (χ1) is 12.0. The van der Waals surface area contributed by atoms with Crippen molar-refractivity contribution < 1.29 is 14.3 Å². The van der Waals surface area contributed by atoms with Crippen LogP contribution in [0.3, 0.4) is 0 Å². The third-order valence-corrected chi connectivity index (χ3v) is 4.55. The van der Waals surface area contributed by atoms with Gasteiger partial charge in [0.2, 0.25) is 5.16 Å². The number of nitrogens with one attached hydrogen (secondary N) is 1. The van der Waals surface area contributed by atoms with Crippen LogP contribution in [0.15, 0.2) is 23.4 Å². The number of carbonyl (C=O) groups excluding carboxylic acids is 2. The van der Waals surface area contributed by atoms with Gasteiger partial charge in [0.05, 0.1) is 11.4 Å². The van der Waals surface area contributed by atoms with E-state index >= 15 is 0 Å². The second-order valence-electron chi connectivity index (χ2n) is 5.95. The summed E-state index contributed by atoms with van der Waals surface area (Å²) in [7, 11) is 0. The molecule has 2 aromatic rings. The zero-order valence-corrected chi connectivity index (χ0v) is 14.9. The summed E-state index contributed by atoms with van der Waals surface area (Å²) >= 11 is 1.17. The highest BCUT2D eigenvalue weighted by Crippen LogP contribution is 2.21. The molecule has 1 amide bonds. The number of esters is 1. The summed E-state index contributed by atoms with van der Waals surface area (Å²) in [5.74, 6) is -0.713. The number of hydrogen-bond donors (Lipinski definition) is 1. The fourth-order valence-corrected chi connectivity index (χ4v) is 2.86. The van der Waals surface area contributed by atoms with Gasteiger partial charge in [-0.1, -0.05) is 23.9 Å². The summed E-state index contributed by atoms with van der Waals surface area (Å²) in [6.45, 7) is 3.71. The van der Waals surface area contributed by atoms with Crippen molar-refractivity contribution in [2.24, 2.45) is 0 Å². The molecule has 0 saturated heterocycles. The van der Waals surface area contributed by atoms with Crippen molar-refractivity contribution in [3.05, 3.63) is 29.3 Å². The molecule has 1 fully saturated rings. The maximum absolute atomic E-state index is 11.8. The molecule has 1 aliphatic carbocycles. The summed E-state index contributed by atoms with van der Waals surface area (Å²) < 4.78 is 6.57. The Bertz CT molecular complexity index is 788. The lowest BCUT2D eigenvalue weighted by Crippen LogP contribution is -2.30. The van der Waals surface area contributed by atoms with E-state index in [0.29, 0.717) is 5.16 Å². The number of aromatic nitrogens is 4. The number of ether oxygens (including phenoxy) is 1. The summed E-state index contributed by atoms with van der Waals surface area (Å²) in [4.78, 5) is 23.3. The van der Waals surface area contributed by atoms with Crippen LogP contribution in [0.25, 0.3) is 5.69 Å². The monoisotopic (exact) mass is 361 g/mol. The smallest absolute Gasteiger partial charge is 0.316 e. The molecule has 0 unspecified atom stereocenters. The van der Waals surface area contributed by atoms with Gasteiger partial charge in [0, 0.05) is 6.04 Å². The number of thioether (sulfide) groups is 1. The average Bonchev–Trinajstić information content (AvgIpc) is 3.27. The van der Waals surface area contributed by atoms with Crippen molar-refractivity contribution in [3.8, 4) is 5.69 Å². The predicted molar refractivity (Wildman–Crippen MR) is 91.5 cm³/mol. The molecule has 0 bridgehead atoms. The fraction of sp³-hybridized carbons (Fsp3) is 0.438. The van der Waals surface area contributed by atoms with E-state index < -0.39 is 5.97 Å². The van der Waals surface area contributed by atoms with Gasteiger partial charge in [0.1, 0.15) is 0 Å². The molecule has 132 valence electrons. The van der Waals surface area contributed by atoms with Crippen LogP contribution >= 0.6 is 11.8 Å². The van der Waals surface area contributed by atoms with Crippen LogP contribution < -0.4 is 5.32 Å². The van der Waals surface area contributed by atoms with Crippen LogP contribution in [0.5, 0.6) is 0 Å². The third-order valence-electron chi connectivity index (χ3n) is 3.66. The first-order valence-electron chi connectivity index (χ1n) is 7.96. The molecule has 9 heteroatoms.